The van der Waals surface area contributed by atoms with Crippen LogP contribution in [-0.2, 0) is 24.6 Å². The first-order valence-electron chi connectivity index (χ1n) is 18.5. The number of likely N-dealkylation sites (tertiary alicyclic amines) is 1. The Kier molecular flexibility index (Phi) is 13.8. The van der Waals surface area contributed by atoms with E-state index in [-0.39, 0.29) is 23.3 Å². The number of amidine groups is 1. The van der Waals surface area contributed by atoms with Crippen molar-refractivity contribution in [1.29, 1.82) is 0 Å². The molecule has 3 N–H and O–H groups in total. The van der Waals surface area contributed by atoms with E-state index in [1.54, 1.807) is 18.2 Å². The fourth-order valence-corrected chi connectivity index (χ4v) is 7.02. The molecule has 1 heterocycles. The maximum absolute atomic E-state index is 13.6. The van der Waals surface area contributed by atoms with Crippen LogP contribution in [0.2, 0.25) is 5.02 Å². The van der Waals surface area contributed by atoms with Gasteiger partial charge in [-0.15, -0.1) is 0 Å². The van der Waals surface area contributed by atoms with Crippen LogP contribution in [0.3, 0.4) is 0 Å². The number of esters is 1. The fourth-order valence-electron chi connectivity index (χ4n) is 6.79. The molecule has 5 aromatic carbocycles. The smallest absolute Gasteiger partial charge is 0.337 e. The van der Waals surface area contributed by atoms with E-state index in [0.717, 1.165) is 36.1 Å². The minimum atomic E-state index is -0.862. The molecule has 0 aromatic heterocycles. The van der Waals surface area contributed by atoms with Crippen molar-refractivity contribution >= 4 is 41.5 Å². The summed E-state index contributed by atoms with van der Waals surface area (Å²) in [7, 11) is 3.35. The predicted molar refractivity (Wildman–Crippen MR) is 224 cm³/mol. The molecular formula is C46H49ClN4O5. The number of halogens is 1. The molecule has 1 saturated heterocycles. The minimum absolute atomic E-state index is 0.0888. The Balaban J connectivity index is 0.000000784. The molecule has 1 amide bonds. The van der Waals surface area contributed by atoms with Gasteiger partial charge in [-0.05, 0) is 99.8 Å². The summed E-state index contributed by atoms with van der Waals surface area (Å²) < 4.78 is 9.51. The molecule has 290 valence electrons. The summed E-state index contributed by atoms with van der Waals surface area (Å²) in [6.07, 6.45) is 1.69. The average Bonchev–Trinajstić information content (AvgIpc) is 3.20. The second-order valence-corrected chi connectivity index (χ2v) is 15.1. The number of carbonyl (C=O) groups excluding carboxylic acids is 3. The summed E-state index contributed by atoms with van der Waals surface area (Å²) in [6.45, 7) is 7.51. The molecule has 0 spiro atoms. The average molecular weight is 773 g/mol. The SMILES string of the molecule is CC(C)(C)OC=O.COC(=O)c1ccc(Cl)c(-c2ccc(NC(c3ccccc3)(c3ccccc3)c3ccccc3)c(C(N)=NC(=O)[C@@H]3CCCN(C)C3)c2)c1. The Morgan fingerprint density at radius 3 is 1.91 bits per heavy atom. The van der Waals surface area contributed by atoms with Gasteiger partial charge in [0.15, 0.2) is 0 Å². The molecule has 1 aliphatic rings. The normalized spacial score (nSPS) is 14.8. The first kappa shape index (κ1) is 41.4. The zero-order valence-corrected chi connectivity index (χ0v) is 33.3. The van der Waals surface area contributed by atoms with Crippen LogP contribution in [0.25, 0.3) is 11.1 Å². The monoisotopic (exact) mass is 772 g/mol. The largest absolute Gasteiger partial charge is 0.465 e. The van der Waals surface area contributed by atoms with Gasteiger partial charge in [-0.3, -0.25) is 9.59 Å². The summed E-state index contributed by atoms with van der Waals surface area (Å²) in [5.41, 5.74) is 11.5. The number of amides is 1. The van der Waals surface area contributed by atoms with Crippen molar-refractivity contribution in [2.45, 2.75) is 44.8 Å². The number of anilines is 1. The third-order valence-electron chi connectivity index (χ3n) is 9.54. The van der Waals surface area contributed by atoms with E-state index in [0.29, 0.717) is 46.0 Å². The van der Waals surface area contributed by atoms with Gasteiger partial charge in [0.1, 0.15) is 17.0 Å². The summed E-state index contributed by atoms with van der Waals surface area (Å²) >= 11 is 6.71. The first-order chi connectivity index (χ1) is 26.9. The van der Waals surface area contributed by atoms with Crippen molar-refractivity contribution in [3.05, 3.63) is 160 Å². The third kappa shape index (κ3) is 10.1. The number of nitrogens with zero attached hydrogens (tertiary/aromatic N) is 2. The Morgan fingerprint density at radius 2 is 1.43 bits per heavy atom. The number of rotatable bonds is 10. The molecule has 5 aromatic rings. The van der Waals surface area contributed by atoms with Crippen LogP contribution in [-0.4, -0.2) is 61.9 Å². The van der Waals surface area contributed by atoms with Gasteiger partial charge >= 0.3 is 5.97 Å². The molecule has 0 saturated carbocycles. The van der Waals surface area contributed by atoms with Crippen LogP contribution >= 0.6 is 11.6 Å². The zero-order valence-electron chi connectivity index (χ0n) is 32.5. The lowest BCUT2D eigenvalue weighted by Gasteiger charge is -2.38. The lowest BCUT2D eigenvalue weighted by molar-refractivity contribution is -0.138. The second kappa shape index (κ2) is 18.7. The van der Waals surface area contributed by atoms with E-state index in [1.807, 2.05) is 101 Å². The quantitative estimate of drug-likeness (QED) is 0.0475. The number of nitrogens with two attached hydrogens (primary N) is 1. The Labute approximate surface area is 334 Å². The van der Waals surface area contributed by atoms with Crippen molar-refractivity contribution in [3.63, 3.8) is 0 Å². The lowest BCUT2D eigenvalue weighted by Crippen LogP contribution is -2.39. The Morgan fingerprint density at radius 1 is 0.857 bits per heavy atom. The van der Waals surface area contributed by atoms with Gasteiger partial charge in [0.25, 0.3) is 12.4 Å². The van der Waals surface area contributed by atoms with E-state index in [1.165, 1.54) is 7.11 Å². The minimum Gasteiger partial charge on any atom is -0.465 e. The van der Waals surface area contributed by atoms with Gasteiger partial charge in [0, 0.05) is 28.4 Å². The van der Waals surface area contributed by atoms with Gasteiger partial charge in [-0.25, -0.2) is 4.79 Å². The molecule has 1 aliphatic heterocycles. The number of carbonyl (C=O) groups is 3. The van der Waals surface area contributed by atoms with Crippen LogP contribution in [0.15, 0.2) is 132 Å². The number of nitrogens with one attached hydrogen (secondary N) is 1. The molecule has 10 heteroatoms. The maximum atomic E-state index is 13.6. The highest BCUT2D eigenvalue weighted by Gasteiger charge is 2.37. The number of aliphatic imine (C=N–C) groups is 1. The van der Waals surface area contributed by atoms with Crippen LogP contribution < -0.4 is 11.1 Å². The third-order valence-corrected chi connectivity index (χ3v) is 9.87. The van der Waals surface area contributed by atoms with Gasteiger partial charge < -0.3 is 25.4 Å². The van der Waals surface area contributed by atoms with Crippen molar-refractivity contribution in [2.24, 2.45) is 16.6 Å². The van der Waals surface area contributed by atoms with Gasteiger partial charge in [0.2, 0.25) is 0 Å². The van der Waals surface area contributed by atoms with E-state index >= 15 is 0 Å². The topological polar surface area (TPSA) is 123 Å². The summed E-state index contributed by atoms with van der Waals surface area (Å²) in [5, 5.41) is 4.34. The number of hydrogen-bond donors (Lipinski definition) is 2. The summed E-state index contributed by atoms with van der Waals surface area (Å²) in [6, 6.07) is 41.4. The molecule has 0 aliphatic carbocycles. The number of benzene rings is 5. The van der Waals surface area contributed by atoms with Crippen LogP contribution in [0.4, 0.5) is 5.69 Å². The maximum Gasteiger partial charge on any atom is 0.337 e. The van der Waals surface area contributed by atoms with E-state index in [2.05, 4.69) is 56.3 Å². The van der Waals surface area contributed by atoms with Gasteiger partial charge in [-0.2, -0.15) is 4.99 Å². The van der Waals surface area contributed by atoms with Crippen molar-refractivity contribution in [1.82, 2.24) is 4.90 Å². The second-order valence-electron chi connectivity index (χ2n) is 14.7. The van der Waals surface area contributed by atoms with Crippen LogP contribution in [0.5, 0.6) is 0 Å². The highest BCUT2D eigenvalue weighted by Crippen LogP contribution is 2.42. The van der Waals surface area contributed by atoms with E-state index in [9.17, 15) is 14.4 Å². The van der Waals surface area contributed by atoms with Crippen molar-refractivity contribution in [3.8, 4) is 11.1 Å². The van der Waals surface area contributed by atoms with Crippen molar-refractivity contribution < 1.29 is 23.9 Å². The molecule has 0 unspecified atom stereocenters. The predicted octanol–water partition coefficient (Wildman–Crippen LogP) is 8.73. The molecule has 9 nitrogen and oxygen atoms in total. The van der Waals surface area contributed by atoms with Crippen LogP contribution in [0, 0.1) is 5.92 Å². The Bertz CT molecular complexity index is 2040. The zero-order chi connectivity index (χ0) is 40.3. The molecule has 1 fully saturated rings. The molecule has 56 heavy (non-hydrogen) atoms. The van der Waals surface area contributed by atoms with Crippen LogP contribution in [0.1, 0.15) is 66.2 Å². The van der Waals surface area contributed by atoms with Gasteiger partial charge in [-0.1, -0.05) is 109 Å². The highest BCUT2D eigenvalue weighted by atomic mass is 35.5. The fraction of sp³-hybridized carbons (Fsp3) is 0.261. The number of hydrogen-bond acceptors (Lipinski definition) is 7. The number of ether oxygens (including phenoxy) is 2. The molecule has 0 bridgehead atoms. The molecule has 6 rings (SSSR count). The van der Waals surface area contributed by atoms with E-state index < -0.39 is 11.5 Å². The molecule has 0 radical (unpaired) electrons. The standard InChI is InChI=1S/C41H39ClN4O3.C5H10O2/c1-46-24-12-13-30(27-46)39(47)44-38(43)35-25-28(34-26-29(40(48)49-2)20-22-36(34)42)21-23-37(35)45-41(31-14-6-3-7-15-31,32-16-8-4-9-17-32)33-18-10-5-11-19-33;1-5(2,3)7-4-6/h3-11,14-23,25-26,30,45H,12-13,24,27H2,1-2H3,(H2,43,44,47);4H,1-3H3/t30-;/m1./s1. The summed E-state index contributed by atoms with van der Waals surface area (Å²) in [4.78, 5) is 42.3. The Hall–Kier alpha value is -5.77. The van der Waals surface area contributed by atoms with Crippen molar-refractivity contribution in [2.75, 3.05) is 32.6 Å². The number of methoxy groups -OCH3 is 1. The highest BCUT2D eigenvalue weighted by molar-refractivity contribution is 6.33. The molecular weight excluding hydrogens is 724 g/mol. The number of piperidine rings is 1. The first-order valence-corrected chi connectivity index (χ1v) is 18.9. The van der Waals surface area contributed by atoms with E-state index in [4.69, 9.17) is 22.1 Å². The lowest BCUT2D eigenvalue weighted by atomic mass is 9.76. The molecule has 1 atom stereocenters. The summed E-state index contributed by atoms with van der Waals surface area (Å²) in [5.74, 6) is -0.864. The van der Waals surface area contributed by atoms with Gasteiger partial charge in [0.05, 0.1) is 18.6 Å².